The van der Waals surface area contributed by atoms with E-state index in [2.05, 4.69) is 21.4 Å². The zero-order chi connectivity index (χ0) is 13.6. The van der Waals surface area contributed by atoms with Gasteiger partial charge in [0.25, 0.3) is 0 Å². The number of aryl methyl sites for hydroxylation is 1. The highest BCUT2D eigenvalue weighted by Gasteiger charge is 2.50. The lowest BCUT2D eigenvalue weighted by Gasteiger charge is -2.45. The molecule has 100 valence electrons. The lowest BCUT2D eigenvalue weighted by molar-refractivity contribution is -0.146. The zero-order valence-electron chi connectivity index (χ0n) is 10.7. The number of anilines is 1. The lowest BCUT2D eigenvalue weighted by atomic mass is 9.65. The molecule has 2 fully saturated rings. The summed E-state index contributed by atoms with van der Waals surface area (Å²) in [6, 6.07) is 5.73. The minimum atomic E-state index is -0.427. The quantitative estimate of drug-likeness (QED) is 0.864. The molecule has 1 aromatic carbocycles. The second-order valence-electron chi connectivity index (χ2n) is 5.44. The van der Waals surface area contributed by atoms with E-state index in [0.717, 1.165) is 29.3 Å². The second-order valence-corrected chi connectivity index (χ2v) is 6.29. The van der Waals surface area contributed by atoms with Crippen molar-refractivity contribution >= 4 is 33.4 Å². The fourth-order valence-corrected chi connectivity index (χ4v) is 3.15. The Morgan fingerprint density at radius 1 is 1.32 bits per heavy atom. The van der Waals surface area contributed by atoms with Gasteiger partial charge in [0, 0.05) is 10.9 Å². The average Bonchev–Trinajstić information content (AvgIpc) is 2.33. The number of rotatable bonds is 1. The smallest absolute Gasteiger partial charge is 0.246 e. The van der Waals surface area contributed by atoms with E-state index in [0.29, 0.717) is 12.1 Å². The maximum atomic E-state index is 12.3. The van der Waals surface area contributed by atoms with Crippen LogP contribution >= 0.6 is 15.9 Å². The summed E-state index contributed by atoms with van der Waals surface area (Å²) in [5, 5.41) is 1.38. The van der Waals surface area contributed by atoms with Crippen LogP contribution in [0.15, 0.2) is 22.7 Å². The first-order valence-corrected chi connectivity index (χ1v) is 7.21. The molecule has 1 N–H and O–H groups in total. The van der Waals surface area contributed by atoms with Crippen LogP contribution in [-0.2, 0) is 9.59 Å². The van der Waals surface area contributed by atoms with Gasteiger partial charge >= 0.3 is 0 Å². The van der Waals surface area contributed by atoms with Gasteiger partial charge in [0.05, 0.1) is 11.1 Å². The topological polar surface area (TPSA) is 49.4 Å². The van der Waals surface area contributed by atoms with E-state index in [1.54, 1.807) is 0 Å². The SMILES string of the molecule is Cc1ccc(Br)c(N2NC(=O)C3(CCC3)CC2=O)c1. The van der Waals surface area contributed by atoms with Crippen LogP contribution in [0, 0.1) is 12.3 Å². The van der Waals surface area contributed by atoms with Gasteiger partial charge in [-0.3, -0.25) is 15.0 Å². The van der Waals surface area contributed by atoms with E-state index in [-0.39, 0.29) is 11.8 Å². The van der Waals surface area contributed by atoms with E-state index in [9.17, 15) is 9.59 Å². The molecule has 3 rings (SSSR count). The maximum absolute atomic E-state index is 12.3. The molecule has 0 unspecified atom stereocenters. The highest BCUT2D eigenvalue weighted by molar-refractivity contribution is 9.10. The summed E-state index contributed by atoms with van der Waals surface area (Å²) in [6.07, 6.45) is 3.01. The Labute approximate surface area is 120 Å². The van der Waals surface area contributed by atoms with Gasteiger partial charge in [-0.05, 0) is 53.4 Å². The van der Waals surface area contributed by atoms with Crippen LogP contribution < -0.4 is 10.4 Å². The molecule has 5 heteroatoms. The van der Waals surface area contributed by atoms with Crippen LogP contribution in [0.4, 0.5) is 5.69 Å². The first-order valence-electron chi connectivity index (χ1n) is 6.42. The molecular weight excluding hydrogens is 308 g/mol. The Hall–Kier alpha value is -1.36. The predicted octanol–water partition coefficient (Wildman–Crippen LogP) is 2.70. The summed E-state index contributed by atoms with van der Waals surface area (Å²) in [6.45, 7) is 1.96. The van der Waals surface area contributed by atoms with Gasteiger partial charge in [0.15, 0.2) is 0 Å². The van der Waals surface area contributed by atoms with Crippen molar-refractivity contribution in [2.75, 3.05) is 5.01 Å². The number of hydrazine groups is 1. The van der Waals surface area contributed by atoms with E-state index < -0.39 is 5.41 Å². The van der Waals surface area contributed by atoms with E-state index in [1.807, 2.05) is 25.1 Å². The molecule has 4 nitrogen and oxygen atoms in total. The fraction of sp³-hybridized carbons (Fsp3) is 0.429. The summed E-state index contributed by atoms with van der Waals surface area (Å²) in [7, 11) is 0. The molecule has 1 aromatic rings. The van der Waals surface area contributed by atoms with Crippen molar-refractivity contribution < 1.29 is 9.59 Å². The van der Waals surface area contributed by atoms with Gasteiger partial charge in [0.2, 0.25) is 11.8 Å². The number of hydrogen-bond donors (Lipinski definition) is 1. The molecule has 1 saturated heterocycles. The van der Waals surface area contributed by atoms with E-state index in [1.165, 1.54) is 5.01 Å². The van der Waals surface area contributed by atoms with Gasteiger partial charge in [-0.15, -0.1) is 0 Å². The number of carbonyl (C=O) groups is 2. The first kappa shape index (κ1) is 12.7. The number of carbonyl (C=O) groups excluding carboxylic acids is 2. The summed E-state index contributed by atoms with van der Waals surface area (Å²) in [4.78, 5) is 24.5. The Morgan fingerprint density at radius 3 is 2.68 bits per heavy atom. The third kappa shape index (κ3) is 1.96. The summed E-state index contributed by atoms with van der Waals surface area (Å²) in [5.41, 5.74) is 4.08. The van der Waals surface area contributed by atoms with Crippen LogP contribution in [0.25, 0.3) is 0 Å². The maximum Gasteiger partial charge on any atom is 0.246 e. The van der Waals surface area contributed by atoms with Crippen molar-refractivity contribution in [3.8, 4) is 0 Å². The van der Waals surface area contributed by atoms with Crippen LogP contribution in [0.3, 0.4) is 0 Å². The van der Waals surface area contributed by atoms with Crippen LogP contribution in [0.2, 0.25) is 0 Å². The summed E-state index contributed by atoms with van der Waals surface area (Å²) < 4.78 is 0.802. The third-order valence-corrected chi connectivity index (χ3v) is 4.76. The van der Waals surface area contributed by atoms with Gasteiger partial charge in [-0.2, -0.15) is 0 Å². The summed E-state index contributed by atoms with van der Waals surface area (Å²) in [5.74, 6) is -0.0580. The minimum Gasteiger partial charge on any atom is -0.273 e. The molecule has 1 aliphatic carbocycles. The highest BCUT2D eigenvalue weighted by Crippen LogP contribution is 2.46. The number of amides is 2. The molecule has 0 bridgehead atoms. The van der Waals surface area contributed by atoms with Crippen molar-refractivity contribution in [2.45, 2.75) is 32.6 Å². The van der Waals surface area contributed by atoms with Crippen molar-refractivity contribution in [3.63, 3.8) is 0 Å². The van der Waals surface area contributed by atoms with Crippen molar-refractivity contribution in [2.24, 2.45) is 5.41 Å². The number of nitrogens with zero attached hydrogens (tertiary/aromatic N) is 1. The molecule has 1 spiro atoms. The molecule has 2 aliphatic rings. The Balaban J connectivity index is 1.92. The van der Waals surface area contributed by atoms with Crippen LogP contribution in [0.5, 0.6) is 0 Å². The molecule has 0 aromatic heterocycles. The van der Waals surface area contributed by atoms with Gasteiger partial charge in [-0.1, -0.05) is 12.5 Å². The number of nitrogens with one attached hydrogen (secondary N) is 1. The molecule has 1 aliphatic heterocycles. The minimum absolute atomic E-state index is 0.0215. The van der Waals surface area contributed by atoms with E-state index in [4.69, 9.17) is 0 Å². The largest absolute Gasteiger partial charge is 0.273 e. The third-order valence-electron chi connectivity index (χ3n) is 4.09. The fourth-order valence-electron chi connectivity index (χ4n) is 2.73. The molecule has 0 atom stereocenters. The standard InChI is InChI=1S/C14H15BrN2O2/c1-9-3-4-10(15)11(7-9)17-12(18)8-14(5-2-6-14)13(19)16-17/h3-4,7H,2,5-6,8H2,1H3,(H,16,19). The first-order chi connectivity index (χ1) is 9.02. The monoisotopic (exact) mass is 322 g/mol. The molecule has 1 heterocycles. The Bertz CT molecular complexity index is 567. The molecule has 1 saturated carbocycles. The normalized spacial score (nSPS) is 21.3. The van der Waals surface area contributed by atoms with Crippen LogP contribution in [0.1, 0.15) is 31.2 Å². The second kappa shape index (κ2) is 4.34. The molecule has 2 amide bonds. The highest BCUT2D eigenvalue weighted by atomic mass is 79.9. The average molecular weight is 323 g/mol. The zero-order valence-corrected chi connectivity index (χ0v) is 12.3. The Kier molecular flexibility index (Phi) is 2.89. The van der Waals surface area contributed by atoms with Crippen LogP contribution in [-0.4, -0.2) is 11.8 Å². The molecule has 19 heavy (non-hydrogen) atoms. The number of benzene rings is 1. The van der Waals surface area contributed by atoms with Crippen molar-refractivity contribution in [3.05, 3.63) is 28.2 Å². The summed E-state index contributed by atoms with van der Waals surface area (Å²) >= 11 is 3.43. The Morgan fingerprint density at radius 2 is 2.05 bits per heavy atom. The van der Waals surface area contributed by atoms with Gasteiger partial charge in [-0.25, -0.2) is 5.01 Å². The van der Waals surface area contributed by atoms with Gasteiger partial charge in [0.1, 0.15) is 0 Å². The predicted molar refractivity (Wildman–Crippen MR) is 75.4 cm³/mol. The van der Waals surface area contributed by atoms with Gasteiger partial charge < -0.3 is 0 Å². The van der Waals surface area contributed by atoms with E-state index >= 15 is 0 Å². The van der Waals surface area contributed by atoms with Crippen molar-refractivity contribution in [1.82, 2.24) is 5.43 Å². The number of halogens is 1. The lowest BCUT2D eigenvalue weighted by Crippen LogP contribution is -2.61. The molecular formula is C14H15BrN2O2. The van der Waals surface area contributed by atoms with Crippen molar-refractivity contribution in [1.29, 1.82) is 0 Å². The number of hydrogen-bond acceptors (Lipinski definition) is 2. The molecule has 0 radical (unpaired) electrons.